The van der Waals surface area contributed by atoms with E-state index in [1.165, 1.54) is 0 Å². The number of amides is 1. The molecule has 5 heteroatoms. The lowest BCUT2D eigenvalue weighted by molar-refractivity contribution is -0.119. The van der Waals surface area contributed by atoms with Crippen LogP contribution in [0.1, 0.15) is 17.9 Å². The number of carbonyl (C=O) groups excluding carboxylic acids is 1. The fraction of sp³-hybridized carbons (Fsp3) is 0.462. The summed E-state index contributed by atoms with van der Waals surface area (Å²) in [6.07, 6.45) is 1.09. The van der Waals surface area contributed by atoms with Gasteiger partial charge in [-0.15, -0.1) is 0 Å². The Kier molecular flexibility index (Phi) is 4.58. The molecule has 1 aromatic rings. The predicted molar refractivity (Wildman–Crippen MR) is 72.7 cm³/mol. The minimum Gasteiger partial charge on any atom is -0.369 e. The van der Waals surface area contributed by atoms with Gasteiger partial charge in [-0.2, -0.15) is 0 Å². The van der Waals surface area contributed by atoms with Crippen LogP contribution < -0.4 is 16.4 Å². The van der Waals surface area contributed by atoms with Crippen molar-refractivity contribution in [2.75, 3.05) is 19.6 Å². The van der Waals surface area contributed by atoms with Gasteiger partial charge in [0.15, 0.2) is 0 Å². The van der Waals surface area contributed by atoms with E-state index >= 15 is 0 Å². The Labute approximate surface area is 112 Å². The molecule has 18 heavy (non-hydrogen) atoms. The molecule has 0 aromatic heterocycles. The zero-order valence-electron chi connectivity index (χ0n) is 10.2. The zero-order chi connectivity index (χ0) is 13.0. The Morgan fingerprint density at radius 3 is 2.78 bits per heavy atom. The molecule has 1 amide bonds. The summed E-state index contributed by atoms with van der Waals surface area (Å²) in [4.78, 5) is 11.5. The van der Waals surface area contributed by atoms with E-state index in [9.17, 15) is 4.79 Å². The summed E-state index contributed by atoms with van der Waals surface area (Å²) in [5.41, 5.74) is 6.37. The van der Waals surface area contributed by atoms with Gasteiger partial charge in [0, 0.05) is 24.2 Å². The van der Waals surface area contributed by atoms with Crippen molar-refractivity contribution in [1.29, 1.82) is 0 Å². The lowest BCUT2D eigenvalue weighted by atomic mass is 9.98. The van der Waals surface area contributed by atoms with E-state index in [1.54, 1.807) is 12.1 Å². The van der Waals surface area contributed by atoms with Crippen LogP contribution in [0, 0.1) is 0 Å². The third-order valence-electron chi connectivity index (χ3n) is 3.29. The van der Waals surface area contributed by atoms with Crippen LogP contribution >= 0.6 is 11.6 Å². The molecule has 1 fully saturated rings. The van der Waals surface area contributed by atoms with Gasteiger partial charge >= 0.3 is 0 Å². The first-order valence-electron chi connectivity index (χ1n) is 6.15. The molecule has 4 N–H and O–H groups in total. The van der Waals surface area contributed by atoms with Gasteiger partial charge < -0.3 is 16.4 Å². The average molecular weight is 268 g/mol. The number of halogens is 1. The summed E-state index contributed by atoms with van der Waals surface area (Å²) >= 11 is 5.84. The minimum absolute atomic E-state index is 0.303. The molecule has 0 saturated carbocycles. The van der Waals surface area contributed by atoms with E-state index < -0.39 is 0 Å². The average Bonchev–Trinajstić information content (AvgIpc) is 2.84. The van der Waals surface area contributed by atoms with Gasteiger partial charge in [-0.05, 0) is 30.7 Å². The zero-order valence-corrected chi connectivity index (χ0v) is 10.9. The first-order valence-corrected chi connectivity index (χ1v) is 6.53. The van der Waals surface area contributed by atoms with Crippen molar-refractivity contribution in [3.05, 3.63) is 34.9 Å². The summed E-state index contributed by atoms with van der Waals surface area (Å²) in [7, 11) is 0. The topological polar surface area (TPSA) is 67.2 Å². The van der Waals surface area contributed by atoms with Gasteiger partial charge in [-0.1, -0.05) is 23.7 Å². The summed E-state index contributed by atoms with van der Waals surface area (Å²) < 4.78 is 0. The number of nitrogens with one attached hydrogen (secondary N) is 2. The van der Waals surface area contributed by atoms with Gasteiger partial charge in [0.25, 0.3) is 0 Å². The van der Waals surface area contributed by atoms with E-state index in [2.05, 4.69) is 10.6 Å². The molecule has 0 bridgehead atoms. The van der Waals surface area contributed by atoms with Crippen LogP contribution in [0.15, 0.2) is 24.3 Å². The molecule has 0 unspecified atom stereocenters. The highest BCUT2D eigenvalue weighted by Gasteiger charge is 2.20. The Hall–Kier alpha value is -1.10. The number of carbonyl (C=O) groups is 1. The summed E-state index contributed by atoms with van der Waals surface area (Å²) in [5.74, 6) is -0.612. The number of rotatable bonds is 5. The Balaban J connectivity index is 1.99. The van der Waals surface area contributed by atoms with Crippen molar-refractivity contribution < 1.29 is 4.79 Å². The lowest BCUT2D eigenvalue weighted by Crippen LogP contribution is -2.38. The highest BCUT2D eigenvalue weighted by Crippen LogP contribution is 2.18. The number of benzene rings is 1. The molecule has 2 atom stereocenters. The highest BCUT2D eigenvalue weighted by molar-refractivity contribution is 6.30. The fourth-order valence-corrected chi connectivity index (χ4v) is 2.32. The molecule has 1 saturated heterocycles. The second kappa shape index (κ2) is 6.18. The van der Waals surface area contributed by atoms with E-state index in [1.807, 2.05) is 12.1 Å². The maximum Gasteiger partial charge on any atom is 0.226 e. The normalized spacial score (nSPS) is 20.8. The Morgan fingerprint density at radius 1 is 1.50 bits per heavy atom. The highest BCUT2D eigenvalue weighted by atomic mass is 35.5. The van der Waals surface area contributed by atoms with Crippen LogP contribution in [-0.2, 0) is 4.79 Å². The fourth-order valence-electron chi connectivity index (χ4n) is 2.19. The molecule has 1 aliphatic heterocycles. The maximum atomic E-state index is 11.5. The SMILES string of the molecule is NC(=O)[C@H](CN[C@H]1CCNC1)c1ccc(Cl)cc1. The number of nitrogens with two attached hydrogens (primary N) is 1. The van der Waals surface area contributed by atoms with Crippen LogP contribution in [-0.4, -0.2) is 31.6 Å². The molecule has 0 spiro atoms. The first-order chi connectivity index (χ1) is 8.66. The van der Waals surface area contributed by atoms with Gasteiger partial charge in [0.2, 0.25) is 5.91 Å². The molecular weight excluding hydrogens is 250 g/mol. The van der Waals surface area contributed by atoms with E-state index in [-0.39, 0.29) is 11.8 Å². The van der Waals surface area contributed by atoms with Crippen LogP contribution in [0.5, 0.6) is 0 Å². The second-order valence-corrected chi connectivity index (χ2v) is 5.04. The molecule has 1 aromatic carbocycles. The van der Waals surface area contributed by atoms with E-state index in [0.29, 0.717) is 17.6 Å². The third kappa shape index (κ3) is 3.45. The smallest absolute Gasteiger partial charge is 0.226 e. The van der Waals surface area contributed by atoms with Crippen molar-refractivity contribution >= 4 is 17.5 Å². The van der Waals surface area contributed by atoms with Gasteiger partial charge in [-0.25, -0.2) is 0 Å². The van der Waals surface area contributed by atoms with Crippen LogP contribution in [0.3, 0.4) is 0 Å². The van der Waals surface area contributed by atoms with Crippen molar-refractivity contribution in [3.8, 4) is 0 Å². The molecule has 2 rings (SSSR count). The standard InChI is InChI=1S/C13H18ClN3O/c14-10-3-1-9(2-4-10)12(13(15)18)8-17-11-5-6-16-7-11/h1-4,11-12,16-17H,5-8H2,(H2,15,18)/t11-,12+/m0/s1. The van der Waals surface area contributed by atoms with Gasteiger partial charge in [-0.3, -0.25) is 4.79 Å². The largest absolute Gasteiger partial charge is 0.369 e. The Bertz CT molecular complexity index is 401. The number of primary amides is 1. The summed E-state index contributed by atoms with van der Waals surface area (Å²) in [5, 5.41) is 7.32. The number of hydrogen-bond donors (Lipinski definition) is 3. The molecule has 4 nitrogen and oxygen atoms in total. The van der Waals surface area contributed by atoms with Crippen molar-refractivity contribution in [2.45, 2.75) is 18.4 Å². The predicted octanol–water partition coefficient (Wildman–Crippen LogP) is 0.860. The Morgan fingerprint density at radius 2 is 2.22 bits per heavy atom. The lowest BCUT2D eigenvalue weighted by Gasteiger charge is -2.18. The molecule has 98 valence electrons. The molecule has 1 heterocycles. The molecule has 1 aliphatic rings. The maximum absolute atomic E-state index is 11.5. The third-order valence-corrected chi connectivity index (χ3v) is 3.54. The van der Waals surface area contributed by atoms with Crippen LogP contribution in [0.2, 0.25) is 5.02 Å². The van der Waals surface area contributed by atoms with E-state index in [4.69, 9.17) is 17.3 Å². The van der Waals surface area contributed by atoms with Gasteiger partial charge in [0.05, 0.1) is 5.92 Å². The monoisotopic (exact) mass is 267 g/mol. The molecular formula is C13H18ClN3O. The molecule has 0 radical (unpaired) electrons. The number of hydrogen-bond acceptors (Lipinski definition) is 3. The quantitative estimate of drug-likeness (QED) is 0.741. The minimum atomic E-state index is -0.309. The van der Waals surface area contributed by atoms with Crippen LogP contribution in [0.4, 0.5) is 0 Å². The van der Waals surface area contributed by atoms with E-state index in [0.717, 1.165) is 25.1 Å². The summed E-state index contributed by atoms with van der Waals surface area (Å²) in [6, 6.07) is 7.70. The van der Waals surface area contributed by atoms with Crippen molar-refractivity contribution in [1.82, 2.24) is 10.6 Å². The second-order valence-electron chi connectivity index (χ2n) is 4.60. The van der Waals surface area contributed by atoms with Crippen LogP contribution in [0.25, 0.3) is 0 Å². The summed E-state index contributed by atoms with van der Waals surface area (Å²) in [6.45, 7) is 2.55. The van der Waals surface area contributed by atoms with Crippen molar-refractivity contribution in [3.63, 3.8) is 0 Å². The molecule has 0 aliphatic carbocycles. The first kappa shape index (κ1) is 13.3. The van der Waals surface area contributed by atoms with Crippen molar-refractivity contribution in [2.24, 2.45) is 5.73 Å². The van der Waals surface area contributed by atoms with Gasteiger partial charge in [0.1, 0.15) is 0 Å².